The minimum atomic E-state index is -0.336. The lowest BCUT2D eigenvalue weighted by Crippen LogP contribution is -2.30. The molecule has 0 aliphatic rings. The van der Waals surface area contributed by atoms with Gasteiger partial charge >= 0.3 is 6.03 Å². The normalized spacial score (nSPS) is 9.47. The number of rotatable bonds is 4. The third-order valence-corrected chi connectivity index (χ3v) is 2.24. The molecule has 90 valence electrons. The summed E-state index contributed by atoms with van der Waals surface area (Å²) >= 11 is 0. The molecule has 1 rings (SSSR count). The van der Waals surface area contributed by atoms with E-state index in [2.05, 4.69) is 10.6 Å². The zero-order valence-electron chi connectivity index (χ0n) is 9.66. The number of aliphatic hydroxyl groups is 1. The van der Waals surface area contributed by atoms with Crippen LogP contribution in [-0.4, -0.2) is 24.3 Å². The van der Waals surface area contributed by atoms with Crippen LogP contribution in [0.15, 0.2) is 18.2 Å². The van der Waals surface area contributed by atoms with Gasteiger partial charge in [0, 0.05) is 18.8 Å². The zero-order chi connectivity index (χ0) is 12.7. The number of aryl methyl sites for hydroxylation is 1. The summed E-state index contributed by atoms with van der Waals surface area (Å²) in [5.41, 5.74) is 2.01. The summed E-state index contributed by atoms with van der Waals surface area (Å²) in [4.78, 5) is 11.5. The van der Waals surface area contributed by atoms with E-state index in [4.69, 9.17) is 10.4 Å². The van der Waals surface area contributed by atoms with Crippen molar-refractivity contribution in [3.8, 4) is 6.07 Å². The van der Waals surface area contributed by atoms with Crippen LogP contribution in [-0.2, 0) is 0 Å². The minimum Gasteiger partial charge on any atom is -0.396 e. The molecule has 0 unspecified atom stereocenters. The molecule has 3 N–H and O–H groups in total. The van der Waals surface area contributed by atoms with Crippen molar-refractivity contribution in [1.29, 1.82) is 5.26 Å². The van der Waals surface area contributed by atoms with E-state index in [0.29, 0.717) is 24.2 Å². The maximum atomic E-state index is 11.5. The summed E-state index contributed by atoms with van der Waals surface area (Å²) in [6.07, 6.45) is 0.518. The molecule has 5 heteroatoms. The van der Waals surface area contributed by atoms with Crippen LogP contribution in [0.4, 0.5) is 10.5 Å². The van der Waals surface area contributed by atoms with Crippen LogP contribution in [0.3, 0.4) is 0 Å². The Hall–Kier alpha value is -2.06. The van der Waals surface area contributed by atoms with Gasteiger partial charge in [-0.15, -0.1) is 0 Å². The van der Waals surface area contributed by atoms with Crippen LogP contribution in [0.5, 0.6) is 0 Å². The Balaban J connectivity index is 2.61. The average Bonchev–Trinajstić information content (AvgIpc) is 2.32. The van der Waals surface area contributed by atoms with Gasteiger partial charge in [-0.3, -0.25) is 0 Å². The lowest BCUT2D eigenvalue weighted by Gasteiger charge is -2.09. The maximum Gasteiger partial charge on any atom is 0.319 e. The highest BCUT2D eigenvalue weighted by molar-refractivity contribution is 5.90. The zero-order valence-corrected chi connectivity index (χ0v) is 9.66. The van der Waals surface area contributed by atoms with Gasteiger partial charge in [0.1, 0.15) is 0 Å². The van der Waals surface area contributed by atoms with Crippen LogP contribution in [0.1, 0.15) is 17.5 Å². The van der Waals surface area contributed by atoms with Crippen molar-refractivity contribution in [2.45, 2.75) is 13.3 Å². The number of aliphatic hydroxyl groups excluding tert-OH is 1. The summed E-state index contributed by atoms with van der Waals surface area (Å²) in [5, 5.41) is 22.6. The lowest BCUT2D eigenvalue weighted by atomic mass is 10.1. The third kappa shape index (κ3) is 4.13. The van der Waals surface area contributed by atoms with Gasteiger partial charge < -0.3 is 15.7 Å². The van der Waals surface area contributed by atoms with Gasteiger partial charge in [0.05, 0.1) is 11.6 Å². The van der Waals surface area contributed by atoms with E-state index in [9.17, 15) is 4.79 Å². The molecule has 1 aromatic carbocycles. The predicted octanol–water partition coefficient (Wildman–Crippen LogP) is 1.37. The molecule has 17 heavy (non-hydrogen) atoms. The van der Waals surface area contributed by atoms with E-state index in [1.54, 1.807) is 18.2 Å². The van der Waals surface area contributed by atoms with E-state index < -0.39 is 0 Å². The number of nitrogens with zero attached hydrogens (tertiary/aromatic N) is 1. The summed E-state index contributed by atoms with van der Waals surface area (Å²) in [7, 11) is 0. The van der Waals surface area contributed by atoms with Crippen molar-refractivity contribution in [2.24, 2.45) is 0 Å². The monoisotopic (exact) mass is 233 g/mol. The van der Waals surface area contributed by atoms with E-state index in [1.165, 1.54) is 0 Å². The number of nitriles is 1. The SMILES string of the molecule is Cc1ccc(C#N)cc1NC(=O)NCCCO. The topological polar surface area (TPSA) is 85.2 Å². The Morgan fingerprint density at radius 3 is 2.94 bits per heavy atom. The van der Waals surface area contributed by atoms with E-state index in [-0.39, 0.29) is 12.6 Å². The minimum absolute atomic E-state index is 0.0449. The predicted molar refractivity (Wildman–Crippen MR) is 64.6 cm³/mol. The highest BCUT2D eigenvalue weighted by Crippen LogP contribution is 2.16. The first kappa shape index (κ1) is 13.0. The van der Waals surface area contributed by atoms with Gasteiger partial charge in [-0.05, 0) is 31.0 Å². The highest BCUT2D eigenvalue weighted by atomic mass is 16.3. The Kier molecular flexibility index (Phi) is 4.98. The second-order valence-corrected chi connectivity index (χ2v) is 3.60. The summed E-state index contributed by atoms with van der Waals surface area (Å²) in [6.45, 7) is 2.31. The molecule has 1 aromatic rings. The van der Waals surface area contributed by atoms with Gasteiger partial charge in [-0.1, -0.05) is 6.07 Å². The molecule has 0 saturated heterocycles. The fraction of sp³-hybridized carbons (Fsp3) is 0.333. The molecule has 0 heterocycles. The molecule has 0 atom stereocenters. The number of anilines is 1. The number of benzene rings is 1. The number of amides is 2. The van der Waals surface area contributed by atoms with Crippen LogP contribution in [0, 0.1) is 18.3 Å². The Morgan fingerprint density at radius 1 is 1.53 bits per heavy atom. The second kappa shape index (κ2) is 6.51. The highest BCUT2D eigenvalue weighted by Gasteiger charge is 2.04. The lowest BCUT2D eigenvalue weighted by molar-refractivity contribution is 0.249. The Labute approximate surface area is 100 Å². The van der Waals surface area contributed by atoms with Gasteiger partial charge in [0.25, 0.3) is 0 Å². The molecule has 0 bridgehead atoms. The first-order valence-corrected chi connectivity index (χ1v) is 5.34. The van der Waals surface area contributed by atoms with Crippen LogP contribution in [0.2, 0.25) is 0 Å². The first-order chi connectivity index (χ1) is 8.17. The van der Waals surface area contributed by atoms with Crippen LogP contribution >= 0.6 is 0 Å². The maximum absolute atomic E-state index is 11.5. The number of carbonyl (C=O) groups excluding carboxylic acids is 1. The number of nitrogens with one attached hydrogen (secondary N) is 2. The molecule has 0 aromatic heterocycles. The van der Waals surface area contributed by atoms with Crippen molar-refractivity contribution in [2.75, 3.05) is 18.5 Å². The molecular formula is C12H15N3O2. The van der Waals surface area contributed by atoms with E-state index >= 15 is 0 Å². The van der Waals surface area contributed by atoms with E-state index in [1.807, 2.05) is 13.0 Å². The fourth-order valence-electron chi connectivity index (χ4n) is 1.27. The smallest absolute Gasteiger partial charge is 0.319 e. The largest absolute Gasteiger partial charge is 0.396 e. The quantitative estimate of drug-likeness (QED) is 0.686. The second-order valence-electron chi connectivity index (χ2n) is 3.60. The van der Waals surface area contributed by atoms with Crippen molar-refractivity contribution in [3.05, 3.63) is 29.3 Å². The number of urea groups is 1. The fourth-order valence-corrected chi connectivity index (χ4v) is 1.27. The molecule has 0 fully saturated rings. The molecule has 0 spiro atoms. The van der Waals surface area contributed by atoms with Gasteiger partial charge in [0.2, 0.25) is 0 Å². The van der Waals surface area contributed by atoms with Crippen molar-refractivity contribution >= 4 is 11.7 Å². The van der Waals surface area contributed by atoms with E-state index in [0.717, 1.165) is 5.56 Å². The third-order valence-electron chi connectivity index (χ3n) is 2.24. The summed E-state index contributed by atoms with van der Waals surface area (Å²) in [5.74, 6) is 0. The summed E-state index contributed by atoms with van der Waals surface area (Å²) < 4.78 is 0. The molecule has 2 amide bonds. The number of carbonyl (C=O) groups is 1. The van der Waals surface area contributed by atoms with Crippen LogP contribution in [0.25, 0.3) is 0 Å². The molecule has 0 aliphatic heterocycles. The average molecular weight is 233 g/mol. The Bertz CT molecular complexity index is 438. The van der Waals surface area contributed by atoms with Crippen molar-refractivity contribution in [3.63, 3.8) is 0 Å². The van der Waals surface area contributed by atoms with Gasteiger partial charge in [0.15, 0.2) is 0 Å². The Morgan fingerprint density at radius 2 is 2.29 bits per heavy atom. The molecule has 0 radical (unpaired) electrons. The summed E-state index contributed by atoms with van der Waals surface area (Å²) in [6, 6.07) is 6.78. The number of hydrogen-bond donors (Lipinski definition) is 3. The molecule has 5 nitrogen and oxygen atoms in total. The van der Waals surface area contributed by atoms with Crippen LogP contribution < -0.4 is 10.6 Å². The van der Waals surface area contributed by atoms with Gasteiger partial charge in [-0.2, -0.15) is 5.26 Å². The number of hydrogen-bond acceptors (Lipinski definition) is 3. The first-order valence-electron chi connectivity index (χ1n) is 5.34. The molecule has 0 saturated carbocycles. The standard InChI is InChI=1S/C12H15N3O2/c1-9-3-4-10(8-13)7-11(9)15-12(17)14-5-2-6-16/h3-4,7,16H,2,5-6H2,1H3,(H2,14,15,17). The van der Waals surface area contributed by atoms with Gasteiger partial charge in [-0.25, -0.2) is 4.79 Å². The van der Waals surface area contributed by atoms with Crippen molar-refractivity contribution in [1.82, 2.24) is 5.32 Å². The molecular weight excluding hydrogens is 218 g/mol. The van der Waals surface area contributed by atoms with Crippen molar-refractivity contribution < 1.29 is 9.90 Å². The molecule has 0 aliphatic carbocycles.